The van der Waals surface area contributed by atoms with Crippen molar-refractivity contribution in [3.05, 3.63) is 24.8 Å². The van der Waals surface area contributed by atoms with Crippen LogP contribution >= 0.6 is 0 Å². The topological polar surface area (TPSA) is 313 Å². The molecule has 0 radical (unpaired) electrons. The fourth-order valence-corrected chi connectivity index (χ4v) is 6.93. The summed E-state index contributed by atoms with van der Waals surface area (Å²) in [6.45, 7) is -0.824. The Hall–Kier alpha value is -6.96. The van der Waals surface area contributed by atoms with Crippen LogP contribution in [-0.4, -0.2) is 123 Å². The quantitative estimate of drug-likeness (QED) is 0.0584. The Balaban J connectivity index is 0.000000210. The molecule has 3 fully saturated rings. The van der Waals surface area contributed by atoms with Crippen molar-refractivity contribution in [2.45, 2.75) is 100 Å². The van der Waals surface area contributed by atoms with Crippen LogP contribution in [0.25, 0.3) is 22.3 Å². The van der Waals surface area contributed by atoms with Crippen LogP contribution in [0.4, 0.5) is 30.0 Å². The molecule has 23 nitrogen and oxygen atoms in total. The molecule has 7 heterocycles. The van der Waals surface area contributed by atoms with Gasteiger partial charge in [0.2, 0.25) is 5.60 Å². The highest BCUT2D eigenvalue weighted by Crippen LogP contribution is 2.41. The molecule has 0 bridgehead atoms. The third-order valence-corrected chi connectivity index (χ3v) is 10.2. The number of carboxylic acids is 1. The number of cyclic esters (lactones) is 2. The standard InChI is InChI=1S/C19H22FN5O7.C19H20FN5O6/c1-2-19(9-26)11(31-18(29)30-7-5-3-4-6-13(27)28)8-12(32-19)25-10-22-14-15(21)23-17(20)24-16(14)25;1-2-19-9-29-13(26)6-4-3-5-7-28-18(27)30-11(19)8-12(31-19)25-10-22-14-15(21)23-17(20)24-16(14)25/h1,10-12,26H,3-9H2,(H,27,28)(H2,21,23,24);1,10-12H,3-9H2,(H2,21,23,24)/t2*11-,12+,19+/m00/s1. The summed E-state index contributed by atoms with van der Waals surface area (Å²) >= 11 is 0. The number of ether oxygens (including phenoxy) is 7. The number of nitrogens with two attached hydrogens (primary N) is 2. The van der Waals surface area contributed by atoms with Crippen LogP contribution in [0.3, 0.4) is 0 Å². The van der Waals surface area contributed by atoms with Gasteiger partial charge in [-0.05, 0) is 38.5 Å². The zero-order valence-electron chi connectivity index (χ0n) is 33.4. The number of fused-ring (bicyclic) bond motifs is 3. The average molecular weight is 885 g/mol. The summed E-state index contributed by atoms with van der Waals surface area (Å²) in [5.74, 6) is 3.14. The number of unbranched alkanes of at least 4 members (excludes halogenated alkanes) is 2. The normalized spacial score (nSPS) is 25.0. The number of hydrogen-bond donors (Lipinski definition) is 4. The number of terminal acetylenes is 2. The lowest BCUT2D eigenvalue weighted by molar-refractivity contribution is -0.157. The number of anilines is 2. The third-order valence-electron chi connectivity index (χ3n) is 10.2. The van der Waals surface area contributed by atoms with Gasteiger partial charge in [0.15, 0.2) is 51.8 Å². The fraction of sp³-hybridized carbons (Fsp3) is 0.526. The van der Waals surface area contributed by atoms with Crippen LogP contribution in [-0.2, 0) is 42.7 Å². The van der Waals surface area contributed by atoms with Gasteiger partial charge in [0, 0.05) is 25.7 Å². The summed E-state index contributed by atoms with van der Waals surface area (Å²) in [7, 11) is 0. The van der Waals surface area contributed by atoms with Gasteiger partial charge >= 0.3 is 36.4 Å². The van der Waals surface area contributed by atoms with Gasteiger partial charge in [-0.2, -0.15) is 28.7 Å². The van der Waals surface area contributed by atoms with Crippen molar-refractivity contribution in [3.63, 3.8) is 0 Å². The first-order valence-electron chi connectivity index (χ1n) is 19.5. The van der Waals surface area contributed by atoms with E-state index < -0.39 is 78.9 Å². The molecule has 3 aliphatic heterocycles. The Kier molecular flexibility index (Phi) is 14.3. The Morgan fingerprint density at radius 2 is 1.54 bits per heavy atom. The predicted molar refractivity (Wildman–Crippen MR) is 207 cm³/mol. The molecule has 6 atom stereocenters. The molecule has 336 valence electrons. The lowest BCUT2D eigenvalue weighted by Gasteiger charge is -2.28. The van der Waals surface area contributed by atoms with Crippen LogP contribution in [0.5, 0.6) is 0 Å². The van der Waals surface area contributed by atoms with Gasteiger partial charge in [-0.15, -0.1) is 12.8 Å². The number of carboxylic acid groups (broad SMARTS) is 1. The lowest BCUT2D eigenvalue weighted by Crippen LogP contribution is -2.45. The number of aliphatic hydroxyl groups is 1. The van der Waals surface area contributed by atoms with Crippen molar-refractivity contribution >= 4 is 58.2 Å². The van der Waals surface area contributed by atoms with Gasteiger partial charge in [0.1, 0.15) is 19.1 Å². The number of carbonyl (C=O) groups is 4. The summed E-state index contributed by atoms with van der Waals surface area (Å²) in [4.78, 5) is 69.2. The first-order chi connectivity index (χ1) is 30.2. The van der Waals surface area contributed by atoms with E-state index in [9.17, 15) is 33.1 Å². The van der Waals surface area contributed by atoms with E-state index in [2.05, 4.69) is 41.7 Å². The second-order valence-electron chi connectivity index (χ2n) is 14.3. The van der Waals surface area contributed by atoms with E-state index in [0.29, 0.717) is 38.5 Å². The highest BCUT2D eigenvalue weighted by Gasteiger charge is 2.53. The van der Waals surface area contributed by atoms with E-state index in [-0.39, 0.29) is 79.5 Å². The van der Waals surface area contributed by atoms with Crippen LogP contribution in [0.15, 0.2) is 12.7 Å². The number of halogens is 2. The van der Waals surface area contributed by atoms with Crippen molar-refractivity contribution in [1.82, 2.24) is 39.0 Å². The second kappa shape index (κ2) is 19.8. The van der Waals surface area contributed by atoms with Crippen molar-refractivity contribution in [1.29, 1.82) is 0 Å². The third kappa shape index (κ3) is 10.4. The van der Waals surface area contributed by atoms with Crippen LogP contribution < -0.4 is 11.5 Å². The number of nitrogens with zero attached hydrogens (tertiary/aromatic N) is 8. The smallest absolute Gasteiger partial charge is 0.481 e. The molecule has 25 heteroatoms. The monoisotopic (exact) mass is 884 g/mol. The number of aromatic nitrogens is 8. The molecule has 3 saturated heterocycles. The molecule has 0 aromatic carbocycles. The highest BCUT2D eigenvalue weighted by molar-refractivity contribution is 5.82. The minimum atomic E-state index is -1.67. The largest absolute Gasteiger partial charge is 0.508 e. The zero-order valence-corrected chi connectivity index (χ0v) is 33.4. The van der Waals surface area contributed by atoms with Crippen molar-refractivity contribution in [2.75, 3.05) is 37.9 Å². The predicted octanol–water partition coefficient (Wildman–Crippen LogP) is 2.48. The zero-order chi connectivity index (χ0) is 45.3. The van der Waals surface area contributed by atoms with Gasteiger partial charge in [-0.25, -0.2) is 19.6 Å². The number of aliphatic hydroxyl groups excluding tert-OH is 1. The van der Waals surface area contributed by atoms with E-state index in [0.717, 1.165) is 0 Å². The number of rotatable bonds is 10. The molecular weight excluding hydrogens is 842 g/mol. The summed E-state index contributed by atoms with van der Waals surface area (Å²) in [5, 5.41) is 18.5. The average Bonchev–Trinajstić information content (AvgIpc) is 4.03. The maximum absolute atomic E-state index is 13.7. The number of imidazole rings is 2. The minimum Gasteiger partial charge on any atom is -0.481 e. The number of esters is 1. The van der Waals surface area contributed by atoms with Crippen LogP contribution in [0, 0.1) is 36.8 Å². The summed E-state index contributed by atoms with van der Waals surface area (Å²) in [6.07, 6.45) is 9.69. The summed E-state index contributed by atoms with van der Waals surface area (Å²) < 4.78 is 68.1. The Bertz CT molecular complexity index is 2420. The summed E-state index contributed by atoms with van der Waals surface area (Å²) in [5.41, 5.74) is 8.57. The van der Waals surface area contributed by atoms with Crippen LogP contribution in [0.2, 0.25) is 0 Å². The van der Waals surface area contributed by atoms with Crippen molar-refractivity contribution in [2.24, 2.45) is 0 Å². The van der Waals surface area contributed by atoms with Crippen LogP contribution in [0.1, 0.15) is 76.7 Å². The highest BCUT2D eigenvalue weighted by atomic mass is 19.1. The van der Waals surface area contributed by atoms with E-state index in [4.69, 9.17) is 62.6 Å². The number of aliphatic carboxylic acids is 1. The molecule has 4 aromatic heterocycles. The number of hydrogen-bond acceptors (Lipinski definition) is 20. The SMILES string of the molecule is C#C[C@@]12COC(=O)CCCCCOC(=O)O[C@H]1C[C@H](n1cnc3c(N)nc(F)nc31)O2.C#C[C@]1(CO)O[C@@H](n2cnc3c(N)nc(F)nc32)C[C@@H]1OC(=O)OCCCCCC(=O)O. The molecule has 6 N–H and O–H groups in total. The molecular formula is C38H42F2N10O13. The Morgan fingerprint density at radius 3 is 2.14 bits per heavy atom. The van der Waals surface area contributed by atoms with Gasteiger partial charge in [-0.1, -0.05) is 11.8 Å². The first-order valence-corrected chi connectivity index (χ1v) is 19.5. The maximum Gasteiger partial charge on any atom is 0.508 e. The maximum atomic E-state index is 13.7. The Morgan fingerprint density at radius 1 is 0.889 bits per heavy atom. The Labute approximate surface area is 355 Å². The molecule has 0 amide bonds. The van der Waals surface area contributed by atoms with E-state index in [1.807, 2.05) is 0 Å². The molecule has 63 heavy (non-hydrogen) atoms. The number of carbonyl (C=O) groups excluding carboxylic acids is 3. The second-order valence-corrected chi connectivity index (χ2v) is 14.3. The molecule has 0 spiro atoms. The van der Waals surface area contributed by atoms with Gasteiger partial charge < -0.3 is 54.8 Å². The molecule has 0 aliphatic carbocycles. The summed E-state index contributed by atoms with van der Waals surface area (Å²) in [6, 6.07) is 0. The van der Waals surface area contributed by atoms with E-state index in [1.54, 1.807) is 0 Å². The van der Waals surface area contributed by atoms with Gasteiger partial charge in [0.05, 0.1) is 32.5 Å². The molecule has 3 aliphatic rings. The van der Waals surface area contributed by atoms with Gasteiger partial charge in [0.25, 0.3) is 0 Å². The molecule has 0 saturated carbocycles. The van der Waals surface area contributed by atoms with E-state index >= 15 is 0 Å². The molecule has 7 rings (SSSR count). The van der Waals surface area contributed by atoms with Crippen molar-refractivity contribution < 1.29 is 71.3 Å². The van der Waals surface area contributed by atoms with E-state index in [1.165, 1.54) is 21.8 Å². The molecule has 4 aromatic rings. The van der Waals surface area contributed by atoms with Gasteiger partial charge in [-0.3, -0.25) is 18.7 Å². The lowest BCUT2D eigenvalue weighted by atomic mass is 9.98. The molecule has 0 unspecified atom stereocenters. The van der Waals surface area contributed by atoms with Crippen molar-refractivity contribution in [3.8, 4) is 24.7 Å². The number of nitrogen functional groups attached to an aromatic ring is 2. The first kappa shape index (κ1) is 45.6. The fourth-order valence-electron chi connectivity index (χ4n) is 6.93. The minimum absolute atomic E-state index is 0.00451.